The van der Waals surface area contributed by atoms with Crippen LogP contribution < -0.4 is 0 Å². The molecule has 0 aromatic rings. The third kappa shape index (κ3) is 4.70. The van der Waals surface area contributed by atoms with Crippen LogP contribution in [0.1, 0.15) is 0 Å². The molecule has 0 saturated carbocycles. The standard InChI is InChI=1S/CH5O2PS/c1-2-3-4-5/h4-5H,1H3. The van der Waals surface area contributed by atoms with Crippen molar-refractivity contribution in [2.75, 3.05) is 7.11 Å². The molecule has 32 valence electrons. The van der Waals surface area contributed by atoms with Gasteiger partial charge in [0.25, 0.3) is 0 Å². The second kappa shape index (κ2) is 4.70. The van der Waals surface area contributed by atoms with Gasteiger partial charge in [-0.2, -0.15) is 0 Å². The molecule has 0 amide bonds. The fourth-order valence-corrected chi connectivity index (χ4v) is 0.335. The Hall–Kier alpha value is 0.700. The van der Waals surface area contributed by atoms with Gasteiger partial charge in [0.1, 0.15) is 8.01 Å². The highest BCUT2D eigenvalue weighted by Gasteiger charge is 1.64. The molecule has 0 radical (unpaired) electrons. The Labute approximate surface area is 37.8 Å². The van der Waals surface area contributed by atoms with Gasteiger partial charge in [-0.05, 0) is 0 Å². The summed E-state index contributed by atoms with van der Waals surface area (Å²) in [5.74, 6) is 0. The maximum atomic E-state index is 4.23. The average molecular weight is 112 g/mol. The Morgan fingerprint density at radius 3 is 2.40 bits per heavy atom. The van der Waals surface area contributed by atoms with Crippen LogP contribution in [0.5, 0.6) is 0 Å². The normalized spacial score (nSPS) is 10.8. The van der Waals surface area contributed by atoms with Crippen LogP contribution in [0, 0.1) is 0 Å². The predicted octanol–water partition coefficient (Wildman–Crippen LogP) is 1.00. The van der Waals surface area contributed by atoms with Crippen LogP contribution in [0.3, 0.4) is 0 Å². The molecule has 0 fully saturated rings. The van der Waals surface area contributed by atoms with Gasteiger partial charge < -0.3 is 0 Å². The van der Waals surface area contributed by atoms with E-state index < -0.39 is 0 Å². The highest BCUT2D eigenvalue weighted by Crippen LogP contribution is 2.14. The van der Waals surface area contributed by atoms with E-state index in [0.29, 0.717) is 0 Å². The Morgan fingerprint density at radius 2 is 2.40 bits per heavy atom. The molecular weight excluding hydrogens is 107 g/mol. The molecule has 0 bridgehead atoms. The fraction of sp³-hybridized carbons (Fsp3) is 1.00. The third-order valence-electron chi connectivity index (χ3n) is 0.121. The Kier molecular flexibility index (Phi) is 5.36. The van der Waals surface area contributed by atoms with Crippen LogP contribution in [0.15, 0.2) is 0 Å². The zero-order chi connectivity index (χ0) is 4.12. The summed E-state index contributed by atoms with van der Waals surface area (Å²) in [5, 5.41) is 0. The monoisotopic (exact) mass is 112 g/mol. The molecular formula is CH5O2PS. The van der Waals surface area contributed by atoms with Gasteiger partial charge in [-0.3, -0.25) is 0 Å². The number of hydrogen-bond acceptors (Lipinski definition) is 3. The maximum absolute atomic E-state index is 4.23. The van der Waals surface area contributed by atoms with E-state index in [4.69, 9.17) is 0 Å². The summed E-state index contributed by atoms with van der Waals surface area (Å²) in [7, 11) is 1.58. The molecule has 2 nitrogen and oxygen atoms in total. The van der Waals surface area contributed by atoms with Gasteiger partial charge in [0.15, 0.2) is 0 Å². The van der Waals surface area contributed by atoms with E-state index in [1.807, 2.05) is 0 Å². The molecule has 0 aromatic heterocycles. The fourth-order valence-electron chi connectivity index (χ4n) is 0.0373. The first-order chi connectivity index (χ1) is 2.41. The third-order valence-corrected chi connectivity index (χ3v) is 0.585. The van der Waals surface area contributed by atoms with Gasteiger partial charge in [0, 0.05) is 0 Å². The van der Waals surface area contributed by atoms with E-state index in [2.05, 4.69) is 21.8 Å². The smallest absolute Gasteiger partial charge is 0.113 e. The van der Waals surface area contributed by atoms with E-state index in [0.717, 1.165) is 0 Å². The zero-order valence-corrected chi connectivity index (χ0v) is 4.66. The predicted molar refractivity (Wildman–Crippen MR) is 25.4 cm³/mol. The molecule has 5 heavy (non-hydrogen) atoms. The van der Waals surface area contributed by atoms with Gasteiger partial charge in [-0.15, -0.1) is 12.2 Å². The van der Waals surface area contributed by atoms with Crippen LogP contribution >= 0.6 is 20.3 Å². The first-order valence-corrected chi connectivity index (χ1v) is 3.20. The van der Waals surface area contributed by atoms with Gasteiger partial charge in [-0.1, -0.05) is 0 Å². The van der Waals surface area contributed by atoms with Gasteiger partial charge in [0.2, 0.25) is 0 Å². The second-order valence-electron chi connectivity index (χ2n) is 0.341. The Bertz CT molecular complexity index is 17.1. The Morgan fingerprint density at radius 1 is 1.80 bits per heavy atom. The van der Waals surface area contributed by atoms with E-state index in [1.165, 1.54) is 7.11 Å². The highest BCUT2D eigenvalue weighted by molar-refractivity contribution is 8.36. The van der Waals surface area contributed by atoms with E-state index >= 15 is 0 Å². The Balaban J connectivity index is 2.19. The molecule has 0 aliphatic carbocycles. The molecule has 0 aliphatic rings. The minimum Gasteiger partial charge on any atom is -0.236 e. The van der Waals surface area contributed by atoms with Crippen LogP contribution in [0.4, 0.5) is 0 Å². The van der Waals surface area contributed by atoms with Crippen LogP contribution in [0.2, 0.25) is 0 Å². The van der Waals surface area contributed by atoms with E-state index in [-0.39, 0.29) is 8.01 Å². The van der Waals surface area contributed by atoms with E-state index in [9.17, 15) is 0 Å². The molecule has 1 unspecified atom stereocenters. The average Bonchev–Trinajstić information content (AvgIpc) is 1.41. The maximum Gasteiger partial charge on any atom is 0.113 e. The van der Waals surface area contributed by atoms with Crippen molar-refractivity contribution in [3.8, 4) is 0 Å². The van der Waals surface area contributed by atoms with Crippen molar-refractivity contribution in [1.29, 1.82) is 0 Å². The summed E-state index contributed by atoms with van der Waals surface area (Å²) in [4.78, 5) is 4.13. The van der Waals surface area contributed by atoms with Crippen molar-refractivity contribution in [1.82, 2.24) is 0 Å². The molecule has 1 atom stereocenters. The van der Waals surface area contributed by atoms with Crippen molar-refractivity contribution < 1.29 is 9.56 Å². The zero-order valence-electron chi connectivity index (χ0n) is 2.76. The van der Waals surface area contributed by atoms with Gasteiger partial charge in [-0.25, -0.2) is 9.56 Å². The second-order valence-corrected chi connectivity index (χ2v) is 1.24. The van der Waals surface area contributed by atoms with Gasteiger partial charge >= 0.3 is 0 Å². The summed E-state index contributed by atoms with van der Waals surface area (Å²) < 4.78 is 4.23. The molecule has 0 aromatic carbocycles. The lowest BCUT2D eigenvalue weighted by Gasteiger charge is -1.85. The molecule has 0 spiro atoms. The minimum atomic E-state index is 0.130. The quantitative estimate of drug-likeness (QED) is 0.248. The molecule has 0 heterocycles. The van der Waals surface area contributed by atoms with Crippen LogP contribution in [-0.2, 0) is 9.56 Å². The minimum absolute atomic E-state index is 0.130. The number of rotatable bonds is 2. The lowest BCUT2D eigenvalue weighted by atomic mass is 11.8. The first-order valence-electron chi connectivity index (χ1n) is 1.00. The largest absolute Gasteiger partial charge is 0.236 e. The lowest BCUT2D eigenvalue weighted by Crippen LogP contribution is -1.66. The topological polar surface area (TPSA) is 18.5 Å². The number of thiol groups is 1. The molecule has 0 rings (SSSR count). The summed E-state index contributed by atoms with van der Waals surface area (Å²) in [6.45, 7) is 0. The summed E-state index contributed by atoms with van der Waals surface area (Å²) >= 11 is 3.68. The van der Waals surface area contributed by atoms with Crippen LogP contribution in [-0.4, -0.2) is 7.11 Å². The lowest BCUT2D eigenvalue weighted by molar-refractivity contribution is -0.163. The molecule has 4 heteroatoms. The SMILES string of the molecule is COOPS. The molecule has 0 saturated heterocycles. The summed E-state index contributed by atoms with van der Waals surface area (Å²) in [6.07, 6.45) is 0. The van der Waals surface area contributed by atoms with Crippen molar-refractivity contribution in [3.63, 3.8) is 0 Å². The van der Waals surface area contributed by atoms with Crippen molar-refractivity contribution >= 4 is 20.3 Å². The van der Waals surface area contributed by atoms with Crippen molar-refractivity contribution in [2.45, 2.75) is 0 Å². The highest BCUT2D eigenvalue weighted by atomic mass is 32.7. The molecule has 0 N–H and O–H groups in total. The first kappa shape index (κ1) is 5.70. The molecule has 0 aliphatic heterocycles. The number of hydrogen-bond donors (Lipinski definition) is 1. The summed E-state index contributed by atoms with van der Waals surface area (Å²) in [5.41, 5.74) is 0. The van der Waals surface area contributed by atoms with Crippen LogP contribution in [0.25, 0.3) is 0 Å². The van der Waals surface area contributed by atoms with Crippen molar-refractivity contribution in [2.24, 2.45) is 0 Å². The van der Waals surface area contributed by atoms with Gasteiger partial charge in [0.05, 0.1) is 7.11 Å². The summed E-state index contributed by atoms with van der Waals surface area (Å²) in [6, 6.07) is 0. The van der Waals surface area contributed by atoms with Crippen molar-refractivity contribution in [3.05, 3.63) is 0 Å². The van der Waals surface area contributed by atoms with E-state index in [1.54, 1.807) is 0 Å².